The number of benzene rings is 1. The third-order valence-electron chi connectivity index (χ3n) is 3.16. The Morgan fingerprint density at radius 1 is 1.30 bits per heavy atom. The quantitative estimate of drug-likeness (QED) is 0.806. The van der Waals surface area contributed by atoms with E-state index in [-0.39, 0.29) is 11.2 Å². The van der Waals surface area contributed by atoms with Crippen molar-refractivity contribution in [3.8, 4) is 5.75 Å². The first-order chi connectivity index (χ1) is 10.5. The van der Waals surface area contributed by atoms with Gasteiger partial charge in [-0.2, -0.15) is 13.2 Å². The van der Waals surface area contributed by atoms with Crippen molar-refractivity contribution in [2.45, 2.75) is 39.5 Å². The zero-order valence-electron chi connectivity index (χ0n) is 13.4. The highest BCUT2D eigenvalue weighted by Crippen LogP contribution is 2.35. The van der Waals surface area contributed by atoms with Crippen LogP contribution < -0.4 is 10.1 Å². The van der Waals surface area contributed by atoms with E-state index in [0.717, 1.165) is 6.07 Å². The molecule has 4 nitrogen and oxygen atoms in total. The van der Waals surface area contributed by atoms with E-state index >= 15 is 0 Å². The molecule has 130 valence electrons. The number of amides is 1. The number of carbonyl (C=O) groups is 1. The fourth-order valence-electron chi connectivity index (χ4n) is 2.23. The summed E-state index contributed by atoms with van der Waals surface area (Å²) < 4.78 is 43.4. The van der Waals surface area contributed by atoms with Crippen LogP contribution in [0.25, 0.3) is 0 Å². The standard InChI is InChI=1S/C16H22F3NO3/c1-11(21)8-15(2,3)10-20-14(22)9-23-13-7-5-4-6-12(13)16(17,18)19/h4-7,11,21H,8-10H2,1-3H3,(H,20,22). The summed E-state index contributed by atoms with van der Waals surface area (Å²) in [4.78, 5) is 11.7. The second kappa shape index (κ2) is 7.68. The van der Waals surface area contributed by atoms with Crippen LogP contribution in [0, 0.1) is 5.41 Å². The van der Waals surface area contributed by atoms with E-state index in [1.54, 1.807) is 6.92 Å². The predicted molar refractivity (Wildman–Crippen MR) is 80.0 cm³/mol. The van der Waals surface area contributed by atoms with Crippen molar-refractivity contribution in [2.75, 3.05) is 13.2 Å². The van der Waals surface area contributed by atoms with Gasteiger partial charge in [0.25, 0.3) is 5.91 Å². The minimum Gasteiger partial charge on any atom is -0.483 e. The van der Waals surface area contributed by atoms with Gasteiger partial charge < -0.3 is 15.2 Å². The fourth-order valence-corrected chi connectivity index (χ4v) is 2.23. The lowest BCUT2D eigenvalue weighted by atomic mass is 9.87. The molecular weight excluding hydrogens is 311 g/mol. The van der Waals surface area contributed by atoms with E-state index in [4.69, 9.17) is 4.74 Å². The SMILES string of the molecule is CC(O)CC(C)(C)CNC(=O)COc1ccccc1C(F)(F)F. The molecule has 1 unspecified atom stereocenters. The minimum absolute atomic E-state index is 0.293. The van der Waals surface area contributed by atoms with Crippen LogP contribution in [-0.2, 0) is 11.0 Å². The van der Waals surface area contributed by atoms with Gasteiger partial charge in [0.2, 0.25) is 0 Å². The first-order valence-electron chi connectivity index (χ1n) is 7.25. The number of nitrogens with one attached hydrogen (secondary N) is 1. The molecule has 0 saturated heterocycles. The molecule has 0 aliphatic carbocycles. The summed E-state index contributed by atoms with van der Waals surface area (Å²) in [6, 6.07) is 4.75. The van der Waals surface area contributed by atoms with Crippen LogP contribution in [0.5, 0.6) is 5.75 Å². The Morgan fingerprint density at radius 3 is 2.48 bits per heavy atom. The number of carbonyl (C=O) groups excluding carboxylic acids is 1. The van der Waals surface area contributed by atoms with E-state index < -0.39 is 30.4 Å². The molecule has 1 amide bonds. The van der Waals surface area contributed by atoms with Crippen LogP contribution in [0.2, 0.25) is 0 Å². The maximum atomic E-state index is 12.8. The topological polar surface area (TPSA) is 58.6 Å². The van der Waals surface area contributed by atoms with Crippen LogP contribution in [-0.4, -0.2) is 30.3 Å². The van der Waals surface area contributed by atoms with Gasteiger partial charge in [0, 0.05) is 6.54 Å². The van der Waals surface area contributed by atoms with E-state index in [1.165, 1.54) is 18.2 Å². The molecule has 0 heterocycles. The molecule has 0 radical (unpaired) electrons. The van der Waals surface area contributed by atoms with Gasteiger partial charge in [0.1, 0.15) is 5.75 Å². The summed E-state index contributed by atoms with van der Waals surface area (Å²) >= 11 is 0. The van der Waals surface area contributed by atoms with Crippen LogP contribution in [0.1, 0.15) is 32.8 Å². The molecule has 23 heavy (non-hydrogen) atoms. The highest BCUT2D eigenvalue weighted by molar-refractivity contribution is 5.77. The largest absolute Gasteiger partial charge is 0.483 e. The number of alkyl halides is 3. The average molecular weight is 333 g/mol. The summed E-state index contributed by atoms with van der Waals surface area (Å²) in [5.74, 6) is -0.890. The second-order valence-electron chi connectivity index (χ2n) is 6.28. The van der Waals surface area contributed by atoms with Gasteiger partial charge >= 0.3 is 6.18 Å². The maximum Gasteiger partial charge on any atom is 0.419 e. The van der Waals surface area contributed by atoms with Gasteiger partial charge in [-0.1, -0.05) is 26.0 Å². The molecule has 0 bridgehead atoms. The Bertz CT molecular complexity index is 528. The zero-order chi connectivity index (χ0) is 17.7. The van der Waals surface area contributed by atoms with Gasteiger partial charge in [0.05, 0.1) is 11.7 Å². The molecule has 0 aromatic heterocycles. The number of aliphatic hydroxyl groups excluding tert-OH is 1. The smallest absolute Gasteiger partial charge is 0.419 e. The summed E-state index contributed by atoms with van der Waals surface area (Å²) in [6.45, 7) is 5.19. The average Bonchev–Trinajstić information content (AvgIpc) is 2.41. The van der Waals surface area contributed by atoms with Crippen molar-refractivity contribution < 1.29 is 27.8 Å². The van der Waals surface area contributed by atoms with Crippen LogP contribution in [0.3, 0.4) is 0 Å². The summed E-state index contributed by atoms with van der Waals surface area (Å²) in [5.41, 5.74) is -1.24. The molecule has 1 aromatic carbocycles. The highest BCUT2D eigenvalue weighted by atomic mass is 19.4. The fraction of sp³-hybridized carbons (Fsp3) is 0.562. The van der Waals surface area contributed by atoms with Gasteiger partial charge in [-0.25, -0.2) is 0 Å². The van der Waals surface area contributed by atoms with E-state index in [9.17, 15) is 23.1 Å². The van der Waals surface area contributed by atoms with Crippen LogP contribution >= 0.6 is 0 Å². The van der Waals surface area contributed by atoms with Gasteiger partial charge in [-0.05, 0) is 30.9 Å². The lowest BCUT2D eigenvalue weighted by Gasteiger charge is -2.26. The van der Waals surface area contributed by atoms with E-state index in [2.05, 4.69) is 5.32 Å². The van der Waals surface area contributed by atoms with Crippen molar-refractivity contribution in [2.24, 2.45) is 5.41 Å². The monoisotopic (exact) mass is 333 g/mol. The Kier molecular flexibility index (Phi) is 6.44. The predicted octanol–water partition coefficient (Wildman–Crippen LogP) is 3.00. The third-order valence-corrected chi connectivity index (χ3v) is 3.16. The Balaban J connectivity index is 2.55. The number of aliphatic hydroxyl groups is 1. The van der Waals surface area contributed by atoms with Gasteiger partial charge in [0.15, 0.2) is 6.61 Å². The number of hydrogen-bond donors (Lipinski definition) is 2. The van der Waals surface area contributed by atoms with Crippen molar-refractivity contribution in [1.29, 1.82) is 0 Å². The number of para-hydroxylation sites is 1. The molecule has 0 fully saturated rings. The lowest BCUT2D eigenvalue weighted by molar-refractivity contribution is -0.139. The third kappa shape index (κ3) is 6.90. The minimum atomic E-state index is -4.54. The summed E-state index contributed by atoms with van der Waals surface area (Å²) in [6.07, 6.45) is -4.55. The molecule has 1 atom stereocenters. The number of hydrogen-bond acceptors (Lipinski definition) is 3. The number of rotatable bonds is 7. The summed E-state index contributed by atoms with van der Waals surface area (Å²) in [5, 5.41) is 12.0. The number of ether oxygens (including phenoxy) is 1. The molecule has 0 saturated carbocycles. The van der Waals surface area contributed by atoms with E-state index in [0.29, 0.717) is 13.0 Å². The molecule has 0 spiro atoms. The zero-order valence-corrected chi connectivity index (χ0v) is 13.4. The van der Waals surface area contributed by atoms with Gasteiger partial charge in [-0.3, -0.25) is 4.79 Å². The molecule has 1 rings (SSSR count). The molecular formula is C16H22F3NO3. The van der Waals surface area contributed by atoms with Crippen molar-refractivity contribution >= 4 is 5.91 Å². The van der Waals surface area contributed by atoms with Crippen molar-refractivity contribution in [3.63, 3.8) is 0 Å². The Hall–Kier alpha value is -1.76. The Morgan fingerprint density at radius 2 is 1.91 bits per heavy atom. The molecule has 7 heteroatoms. The molecule has 1 aromatic rings. The van der Waals surface area contributed by atoms with Crippen LogP contribution in [0.4, 0.5) is 13.2 Å². The summed E-state index contributed by atoms with van der Waals surface area (Å²) in [7, 11) is 0. The van der Waals surface area contributed by atoms with Crippen molar-refractivity contribution in [1.82, 2.24) is 5.32 Å². The second-order valence-corrected chi connectivity index (χ2v) is 6.28. The number of halogens is 3. The Labute approximate surface area is 133 Å². The van der Waals surface area contributed by atoms with Crippen LogP contribution in [0.15, 0.2) is 24.3 Å². The molecule has 2 N–H and O–H groups in total. The highest BCUT2D eigenvalue weighted by Gasteiger charge is 2.34. The normalized spacial score (nSPS) is 13.5. The van der Waals surface area contributed by atoms with Crippen molar-refractivity contribution in [3.05, 3.63) is 29.8 Å². The van der Waals surface area contributed by atoms with Gasteiger partial charge in [-0.15, -0.1) is 0 Å². The lowest BCUT2D eigenvalue weighted by Crippen LogP contribution is -2.38. The first-order valence-corrected chi connectivity index (χ1v) is 7.25. The molecule has 0 aliphatic heterocycles. The van der Waals surface area contributed by atoms with E-state index in [1.807, 2.05) is 13.8 Å². The first kappa shape index (κ1) is 19.3. The molecule has 0 aliphatic rings. The maximum absolute atomic E-state index is 12.8.